The van der Waals surface area contributed by atoms with E-state index >= 15 is 0 Å². The molecule has 0 spiro atoms. The van der Waals surface area contributed by atoms with Crippen LogP contribution in [-0.4, -0.2) is 32.5 Å². The van der Waals surface area contributed by atoms with Crippen molar-refractivity contribution in [2.45, 2.75) is 31.8 Å². The fourth-order valence-electron chi connectivity index (χ4n) is 2.58. The summed E-state index contributed by atoms with van der Waals surface area (Å²) in [5, 5.41) is 11.6. The fourth-order valence-corrected chi connectivity index (χ4v) is 3.67. The van der Waals surface area contributed by atoms with Crippen LogP contribution in [0.1, 0.15) is 31.4 Å². The van der Waals surface area contributed by atoms with Crippen molar-refractivity contribution < 1.29 is 0 Å². The van der Waals surface area contributed by atoms with Gasteiger partial charge >= 0.3 is 0 Å². The zero-order valence-electron chi connectivity index (χ0n) is 11.7. The summed E-state index contributed by atoms with van der Waals surface area (Å²) < 4.78 is 1.78. The minimum absolute atomic E-state index is 0.392. The van der Waals surface area contributed by atoms with Gasteiger partial charge in [0, 0.05) is 17.8 Å². The molecule has 106 valence electrons. The van der Waals surface area contributed by atoms with E-state index < -0.39 is 0 Å². The van der Waals surface area contributed by atoms with Crippen LogP contribution in [0, 0.1) is 0 Å². The number of hydrogen-bond donors (Lipinski definition) is 1. The lowest BCUT2D eigenvalue weighted by molar-refractivity contribution is 0.452. The molecule has 1 aromatic heterocycles. The Kier molecular flexibility index (Phi) is 4.38. The third kappa shape index (κ3) is 3.22. The van der Waals surface area contributed by atoms with E-state index in [9.17, 15) is 0 Å². The highest BCUT2D eigenvalue weighted by atomic mass is 32.2. The van der Waals surface area contributed by atoms with Crippen molar-refractivity contribution in [1.29, 1.82) is 0 Å². The van der Waals surface area contributed by atoms with Gasteiger partial charge in [0.25, 0.3) is 0 Å². The second kappa shape index (κ2) is 6.41. The van der Waals surface area contributed by atoms with Gasteiger partial charge < -0.3 is 5.32 Å². The quantitative estimate of drug-likeness (QED) is 0.939. The van der Waals surface area contributed by atoms with E-state index in [0.717, 1.165) is 5.69 Å². The molecule has 0 saturated carbocycles. The van der Waals surface area contributed by atoms with Crippen molar-refractivity contribution in [1.82, 2.24) is 20.3 Å². The van der Waals surface area contributed by atoms with Crippen LogP contribution in [-0.2, 0) is 0 Å². The molecule has 1 aliphatic heterocycles. The van der Waals surface area contributed by atoms with Crippen molar-refractivity contribution in [3.63, 3.8) is 0 Å². The van der Waals surface area contributed by atoms with Gasteiger partial charge in [0.15, 0.2) is 0 Å². The van der Waals surface area contributed by atoms with Gasteiger partial charge in [-0.3, -0.25) is 0 Å². The van der Waals surface area contributed by atoms with Gasteiger partial charge in [-0.05, 0) is 43.2 Å². The normalized spacial score (nSPS) is 20.8. The highest BCUT2D eigenvalue weighted by Crippen LogP contribution is 2.21. The zero-order chi connectivity index (χ0) is 13.8. The van der Waals surface area contributed by atoms with E-state index in [0.29, 0.717) is 12.1 Å². The second-order valence-electron chi connectivity index (χ2n) is 5.24. The number of hydrogen-bond acceptors (Lipinski definition) is 4. The molecule has 1 fully saturated rings. The van der Waals surface area contributed by atoms with Crippen LogP contribution in [0.25, 0.3) is 5.69 Å². The van der Waals surface area contributed by atoms with Crippen molar-refractivity contribution in [3.8, 4) is 5.69 Å². The first-order valence-corrected chi connectivity index (χ1v) is 8.29. The Balaban J connectivity index is 1.64. The number of thioether (sulfide) groups is 1. The molecule has 4 nitrogen and oxygen atoms in total. The van der Waals surface area contributed by atoms with Crippen molar-refractivity contribution in [2.24, 2.45) is 0 Å². The Morgan fingerprint density at radius 3 is 2.85 bits per heavy atom. The minimum atomic E-state index is 0.392. The van der Waals surface area contributed by atoms with E-state index in [-0.39, 0.29) is 0 Å². The van der Waals surface area contributed by atoms with Gasteiger partial charge in [0.2, 0.25) is 0 Å². The van der Waals surface area contributed by atoms with E-state index in [4.69, 9.17) is 0 Å². The number of aromatic nitrogens is 3. The fraction of sp³-hybridized carbons (Fsp3) is 0.467. The van der Waals surface area contributed by atoms with Crippen molar-refractivity contribution in [3.05, 3.63) is 42.2 Å². The van der Waals surface area contributed by atoms with Crippen LogP contribution in [0.2, 0.25) is 0 Å². The minimum Gasteiger partial charge on any atom is -0.307 e. The zero-order valence-corrected chi connectivity index (χ0v) is 12.5. The first-order valence-electron chi connectivity index (χ1n) is 7.13. The lowest BCUT2D eigenvalue weighted by Crippen LogP contribution is -2.35. The molecule has 1 N–H and O–H groups in total. The summed E-state index contributed by atoms with van der Waals surface area (Å²) in [6.45, 7) is 2.24. The molecule has 0 amide bonds. The standard InChI is InChI=1S/C15H20N4S/c1-12(17-14-3-2-10-20-11-14)13-4-6-15(7-5-13)19-9-8-16-18-19/h4-9,12,14,17H,2-3,10-11H2,1H3/t12-,14+/m1/s1. The summed E-state index contributed by atoms with van der Waals surface area (Å²) in [7, 11) is 0. The molecule has 5 heteroatoms. The summed E-state index contributed by atoms with van der Waals surface area (Å²) in [5.74, 6) is 2.56. The Hall–Kier alpha value is -1.33. The number of benzene rings is 1. The maximum absolute atomic E-state index is 4.00. The third-order valence-corrected chi connectivity index (χ3v) is 4.94. The maximum atomic E-state index is 4.00. The molecule has 0 aliphatic carbocycles. The largest absolute Gasteiger partial charge is 0.307 e. The van der Waals surface area contributed by atoms with Gasteiger partial charge in [-0.1, -0.05) is 17.3 Å². The van der Waals surface area contributed by atoms with Gasteiger partial charge in [0.1, 0.15) is 0 Å². The smallest absolute Gasteiger partial charge is 0.0697 e. The second-order valence-corrected chi connectivity index (χ2v) is 6.39. The van der Waals surface area contributed by atoms with Crippen LogP contribution in [0.3, 0.4) is 0 Å². The van der Waals surface area contributed by atoms with E-state index in [1.807, 2.05) is 6.20 Å². The molecule has 2 atom stereocenters. The van der Waals surface area contributed by atoms with Gasteiger partial charge in [0.05, 0.1) is 18.1 Å². The Morgan fingerprint density at radius 1 is 1.35 bits per heavy atom. The van der Waals surface area contributed by atoms with Crippen molar-refractivity contribution >= 4 is 11.8 Å². The van der Waals surface area contributed by atoms with Crippen LogP contribution in [0.15, 0.2) is 36.7 Å². The Bertz CT molecular complexity index is 517. The molecule has 2 heterocycles. The predicted octanol–water partition coefficient (Wildman–Crippen LogP) is 2.81. The molecular formula is C15H20N4S. The van der Waals surface area contributed by atoms with Gasteiger partial charge in [-0.25, -0.2) is 4.68 Å². The summed E-state index contributed by atoms with van der Waals surface area (Å²) in [5.41, 5.74) is 2.37. The molecular weight excluding hydrogens is 268 g/mol. The van der Waals surface area contributed by atoms with Crippen molar-refractivity contribution in [2.75, 3.05) is 11.5 Å². The van der Waals surface area contributed by atoms with Gasteiger partial charge in [-0.2, -0.15) is 11.8 Å². The molecule has 20 heavy (non-hydrogen) atoms. The third-order valence-electron chi connectivity index (χ3n) is 3.73. The summed E-state index contributed by atoms with van der Waals surface area (Å²) in [6.07, 6.45) is 6.18. The van der Waals surface area contributed by atoms with Crippen LogP contribution < -0.4 is 5.32 Å². The van der Waals surface area contributed by atoms with E-state index in [2.05, 4.69) is 58.6 Å². The molecule has 0 unspecified atom stereocenters. The van der Waals surface area contributed by atoms with E-state index in [1.165, 1.54) is 29.9 Å². The molecule has 0 bridgehead atoms. The maximum Gasteiger partial charge on any atom is 0.0697 e. The lowest BCUT2D eigenvalue weighted by atomic mass is 10.1. The lowest BCUT2D eigenvalue weighted by Gasteiger charge is -2.26. The molecule has 1 aliphatic rings. The topological polar surface area (TPSA) is 42.7 Å². The summed E-state index contributed by atoms with van der Waals surface area (Å²) in [6, 6.07) is 9.58. The molecule has 0 radical (unpaired) electrons. The molecule has 3 rings (SSSR count). The average Bonchev–Trinajstić information content (AvgIpc) is 3.03. The highest BCUT2D eigenvalue weighted by molar-refractivity contribution is 7.99. The predicted molar refractivity (Wildman–Crippen MR) is 83.3 cm³/mol. The highest BCUT2D eigenvalue weighted by Gasteiger charge is 2.16. The van der Waals surface area contributed by atoms with Crippen LogP contribution in [0.4, 0.5) is 0 Å². The summed E-state index contributed by atoms with van der Waals surface area (Å²) >= 11 is 2.06. The Morgan fingerprint density at radius 2 is 2.20 bits per heavy atom. The Labute approximate surface area is 124 Å². The first kappa shape index (κ1) is 13.6. The molecule has 1 saturated heterocycles. The monoisotopic (exact) mass is 288 g/mol. The number of rotatable bonds is 4. The van der Waals surface area contributed by atoms with Crippen LogP contribution in [0.5, 0.6) is 0 Å². The van der Waals surface area contributed by atoms with Gasteiger partial charge in [-0.15, -0.1) is 5.10 Å². The number of nitrogens with zero attached hydrogens (tertiary/aromatic N) is 3. The first-order chi connectivity index (χ1) is 9.83. The SMILES string of the molecule is C[C@@H](N[C@H]1CCCSC1)c1ccc(-n2ccnn2)cc1. The molecule has 1 aromatic carbocycles. The molecule has 2 aromatic rings. The average molecular weight is 288 g/mol. The summed E-state index contributed by atoms with van der Waals surface area (Å²) in [4.78, 5) is 0. The number of nitrogens with one attached hydrogen (secondary N) is 1. The van der Waals surface area contributed by atoms with E-state index in [1.54, 1.807) is 10.9 Å². The van der Waals surface area contributed by atoms with Crippen LogP contribution >= 0.6 is 11.8 Å².